The van der Waals surface area contributed by atoms with E-state index in [-0.39, 0.29) is 17.9 Å². The van der Waals surface area contributed by atoms with Gasteiger partial charge in [-0.2, -0.15) is 0 Å². The van der Waals surface area contributed by atoms with Gasteiger partial charge in [0.25, 0.3) is 5.56 Å². The number of fused-ring (bicyclic) bond motifs is 1. The van der Waals surface area contributed by atoms with E-state index in [2.05, 4.69) is 0 Å². The molecular weight excluding hydrogens is 403 g/mol. The number of hydrogen-bond donors (Lipinski definition) is 0. The molecule has 2 heterocycles. The van der Waals surface area contributed by atoms with Crippen LogP contribution in [-0.4, -0.2) is 15.7 Å². The summed E-state index contributed by atoms with van der Waals surface area (Å²) in [5.74, 6) is 0.299. The minimum absolute atomic E-state index is 0.170. The van der Waals surface area contributed by atoms with Gasteiger partial charge in [-0.1, -0.05) is 12.1 Å². The zero-order chi connectivity index (χ0) is 21.4. The van der Waals surface area contributed by atoms with E-state index in [9.17, 15) is 14.0 Å². The maximum Gasteiger partial charge on any atom is 0.337 e. The maximum absolute atomic E-state index is 13.7. The number of rotatable bonds is 5. The quantitative estimate of drug-likeness (QED) is 0.477. The van der Waals surface area contributed by atoms with Gasteiger partial charge in [-0.15, -0.1) is 11.3 Å². The van der Waals surface area contributed by atoms with Crippen LogP contribution in [0.25, 0.3) is 15.9 Å². The summed E-state index contributed by atoms with van der Waals surface area (Å²) >= 11 is 1.41. The minimum Gasteiger partial charge on any atom is -0.494 e. The molecule has 4 rings (SSSR count). The number of thiophene rings is 1. The first-order valence-electron chi connectivity index (χ1n) is 9.64. The molecule has 0 aliphatic rings. The second kappa shape index (κ2) is 7.91. The fourth-order valence-electron chi connectivity index (χ4n) is 3.50. The van der Waals surface area contributed by atoms with E-state index < -0.39 is 5.69 Å². The molecule has 0 amide bonds. The first-order chi connectivity index (χ1) is 14.4. The van der Waals surface area contributed by atoms with E-state index >= 15 is 0 Å². The van der Waals surface area contributed by atoms with Gasteiger partial charge >= 0.3 is 5.69 Å². The lowest BCUT2D eigenvalue weighted by atomic mass is 10.2. The molecule has 0 unspecified atom stereocenters. The van der Waals surface area contributed by atoms with Gasteiger partial charge in [0.1, 0.15) is 16.4 Å². The fraction of sp³-hybridized carbons (Fsp3) is 0.217. The number of ether oxygens (including phenoxy) is 1. The van der Waals surface area contributed by atoms with Crippen LogP contribution in [0.3, 0.4) is 0 Å². The standard InChI is InChI=1S/C23H21FN2O3S/c1-4-29-19-10-8-18(9-11-19)26-21(27)20-14(2)15(3)30-22(20)25(23(26)28)13-16-6-5-7-17(24)12-16/h5-12H,4,13H2,1-3H3. The monoisotopic (exact) mass is 424 g/mol. The van der Waals surface area contributed by atoms with Crippen LogP contribution < -0.4 is 16.0 Å². The third-order valence-electron chi connectivity index (χ3n) is 5.09. The first kappa shape index (κ1) is 20.1. The molecule has 5 nitrogen and oxygen atoms in total. The number of aromatic nitrogens is 2. The van der Waals surface area contributed by atoms with Crippen molar-refractivity contribution in [3.05, 3.63) is 91.2 Å². The molecule has 0 saturated carbocycles. The maximum atomic E-state index is 13.7. The molecule has 0 spiro atoms. The predicted octanol–water partition coefficient (Wildman–Crippen LogP) is 4.42. The van der Waals surface area contributed by atoms with Gasteiger partial charge in [-0.3, -0.25) is 9.36 Å². The first-order valence-corrected chi connectivity index (χ1v) is 10.5. The Labute approximate surface area is 176 Å². The Morgan fingerprint density at radius 1 is 1.07 bits per heavy atom. The summed E-state index contributed by atoms with van der Waals surface area (Å²) in [6, 6.07) is 13.0. The summed E-state index contributed by atoms with van der Waals surface area (Å²) in [5.41, 5.74) is 1.16. The van der Waals surface area contributed by atoms with Crippen molar-refractivity contribution in [2.75, 3.05) is 6.61 Å². The molecule has 2 aromatic heterocycles. The summed E-state index contributed by atoms with van der Waals surface area (Å²) in [6.07, 6.45) is 0. The lowest BCUT2D eigenvalue weighted by Crippen LogP contribution is -2.38. The topological polar surface area (TPSA) is 53.2 Å². The summed E-state index contributed by atoms with van der Waals surface area (Å²) in [6.45, 7) is 6.40. The molecule has 0 N–H and O–H groups in total. The fourth-order valence-corrected chi connectivity index (χ4v) is 4.64. The van der Waals surface area contributed by atoms with Crippen molar-refractivity contribution in [1.82, 2.24) is 9.13 Å². The highest BCUT2D eigenvalue weighted by atomic mass is 32.1. The minimum atomic E-state index is -0.456. The molecule has 0 atom stereocenters. The van der Waals surface area contributed by atoms with Crippen LogP contribution >= 0.6 is 11.3 Å². The van der Waals surface area contributed by atoms with Crippen LogP contribution in [0.4, 0.5) is 4.39 Å². The van der Waals surface area contributed by atoms with E-state index in [1.807, 2.05) is 20.8 Å². The third kappa shape index (κ3) is 3.45. The van der Waals surface area contributed by atoms with Crippen molar-refractivity contribution < 1.29 is 9.13 Å². The van der Waals surface area contributed by atoms with Crippen molar-refractivity contribution in [2.45, 2.75) is 27.3 Å². The molecule has 30 heavy (non-hydrogen) atoms. The van der Waals surface area contributed by atoms with Crippen molar-refractivity contribution in [3.63, 3.8) is 0 Å². The average molecular weight is 424 g/mol. The number of halogens is 1. The summed E-state index contributed by atoms with van der Waals surface area (Å²) in [5, 5.41) is 0.516. The average Bonchev–Trinajstić information content (AvgIpc) is 3.02. The van der Waals surface area contributed by atoms with Crippen molar-refractivity contribution in [2.24, 2.45) is 0 Å². The lowest BCUT2D eigenvalue weighted by Gasteiger charge is -2.13. The van der Waals surface area contributed by atoms with Crippen LogP contribution in [-0.2, 0) is 6.54 Å². The highest BCUT2D eigenvalue weighted by Crippen LogP contribution is 2.27. The van der Waals surface area contributed by atoms with Crippen molar-refractivity contribution in [1.29, 1.82) is 0 Å². The smallest absolute Gasteiger partial charge is 0.337 e. The third-order valence-corrected chi connectivity index (χ3v) is 6.32. The highest BCUT2D eigenvalue weighted by Gasteiger charge is 2.20. The Hall–Kier alpha value is -3.19. The van der Waals surface area contributed by atoms with Crippen LogP contribution in [0, 0.1) is 19.7 Å². The number of nitrogens with zero attached hydrogens (tertiary/aromatic N) is 2. The molecule has 0 saturated heterocycles. The van der Waals surface area contributed by atoms with Crippen molar-refractivity contribution >= 4 is 21.6 Å². The summed E-state index contributed by atoms with van der Waals surface area (Å²) < 4.78 is 21.9. The number of hydrogen-bond acceptors (Lipinski definition) is 4. The zero-order valence-electron chi connectivity index (χ0n) is 16.9. The molecule has 0 aliphatic carbocycles. The lowest BCUT2D eigenvalue weighted by molar-refractivity contribution is 0.340. The van der Waals surface area contributed by atoms with Gasteiger partial charge < -0.3 is 4.74 Å². The highest BCUT2D eigenvalue weighted by molar-refractivity contribution is 7.18. The van der Waals surface area contributed by atoms with Gasteiger partial charge in [-0.25, -0.2) is 13.8 Å². The van der Waals surface area contributed by atoms with E-state index in [0.717, 1.165) is 10.4 Å². The van der Waals surface area contributed by atoms with E-state index in [4.69, 9.17) is 4.74 Å². The Morgan fingerprint density at radius 2 is 1.80 bits per heavy atom. The van der Waals surface area contributed by atoms with Gasteiger partial charge in [-0.05, 0) is 68.3 Å². The molecule has 154 valence electrons. The second-order valence-corrected chi connectivity index (χ2v) is 8.23. The molecular formula is C23H21FN2O3S. The molecule has 7 heteroatoms. The van der Waals surface area contributed by atoms with Crippen LogP contribution in [0.15, 0.2) is 58.1 Å². The van der Waals surface area contributed by atoms with Gasteiger partial charge in [0.15, 0.2) is 0 Å². The van der Waals surface area contributed by atoms with Gasteiger partial charge in [0.05, 0.1) is 24.2 Å². The largest absolute Gasteiger partial charge is 0.494 e. The van der Waals surface area contributed by atoms with Crippen LogP contribution in [0.5, 0.6) is 5.75 Å². The molecule has 0 fully saturated rings. The van der Waals surface area contributed by atoms with E-state index in [1.54, 1.807) is 41.0 Å². The molecule has 2 aromatic carbocycles. The zero-order valence-corrected chi connectivity index (χ0v) is 17.8. The Kier molecular flexibility index (Phi) is 5.30. The van der Waals surface area contributed by atoms with Gasteiger partial charge in [0, 0.05) is 4.88 Å². The van der Waals surface area contributed by atoms with E-state index in [1.165, 1.54) is 28.0 Å². The van der Waals surface area contributed by atoms with Crippen molar-refractivity contribution in [3.8, 4) is 11.4 Å². The summed E-state index contributed by atoms with van der Waals surface area (Å²) in [4.78, 5) is 28.3. The number of aryl methyl sites for hydroxylation is 2. The summed E-state index contributed by atoms with van der Waals surface area (Å²) in [7, 11) is 0. The SMILES string of the molecule is CCOc1ccc(-n2c(=O)c3c(C)c(C)sc3n(Cc3cccc(F)c3)c2=O)cc1. The van der Waals surface area contributed by atoms with Gasteiger partial charge in [0.2, 0.25) is 0 Å². The molecule has 0 radical (unpaired) electrons. The molecule has 0 bridgehead atoms. The Balaban J connectivity index is 1.98. The molecule has 0 aliphatic heterocycles. The van der Waals surface area contributed by atoms with Crippen LogP contribution in [0.1, 0.15) is 22.9 Å². The molecule has 4 aromatic rings. The van der Waals surface area contributed by atoms with Crippen LogP contribution in [0.2, 0.25) is 0 Å². The Bertz CT molecular complexity index is 1350. The van der Waals surface area contributed by atoms with E-state index in [0.29, 0.717) is 33.8 Å². The predicted molar refractivity (Wildman–Crippen MR) is 118 cm³/mol. The number of benzene rings is 2. The normalized spacial score (nSPS) is 11.2. The second-order valence-electron chi connectivity index (χ2n) is 7.03. The Morgan fingerprint density at radius 3 is 2.47 bits per heavy atom.